The molecule has 1 aromatic rings. The fraction of sp³-hybridized carbons (Fsp3) is 0.571. The topological polar surface area (TPSA) is 63.4 Å². The lowest BCUT2D eigenvalue weighted by atomic mass is 10.2. The summed E-state index contributed by atoms with van der Waals surface area (Å²) in [7, 11) is 0. The quantitative estimate of drug-likeness (QED) is 0.795. The highest BCUT2D eigenvalue weighted by Crippen LogP contribution is 2.18. The molecule has 0 saturated carbocycles. The van der Waals surface area contributed by atoms with Crippen molar-refractivity contribution in [2.24, 2.45) is 0 Å². The summed E-state index contributed by atoms with van der Waals surface area (Å²) < 4.78 is 0. The Hall–Kier alpha value is -1.64. The molecule has 0 amide bonds. The number of aromatic nitrogens is 1. The van der Waals surface area contributed by atoms with Crippen molar-refractivity contribution in [3.8, 4) is 6.07 Å². The molecule has 0 aliphatic carbocycles. The highest BCUT2D eigenvalue weighted by Gasteiger charge is 2.19. The van der Waals surface area contributed by atoms with Gasteiger partial charge >= 0.3 is 0 Å². The van der Waals surface area contributed by atoms with Crippen molar-refractivity contribution in [3.05, 3.63) is 23.9 Å². The largest absolute Gasteiger partial charge is 0.396 e. The lowest BCUT2D eigenvalue weighted by Crippen LogP contribution is -2.47. The monoisotopic (exact) mass is 260 g/mol. The molecule has 0 radical (unpaired) electrons. The predicted molar refractivity (Wildman–Crippen MR) is 73.9 cm³/mol. The van der Waals surface area contributed by atoms with Gasteiger partial charge in [0.2, 0.25) is 0 Å². The second-order valence-electron chi connectivity index (χ2n) is 4.75. The summed E-state index contributed by atoms with van der Waals surface area (Å²) in [6, 6.07) is 5.81. The van der Waals surface area contributed by atoms with Crippen LogP contribution in [0, 0.1) is 11.3 Å². The first-order valence-electron chi connectivity index (χ1n) is 6.78. The number of aliphatic hydroxyl groups is 1. The van der Waals surface area contributed by atoms with E-state index in [0.29, 0.717) is 5.56 Å². The third-order valence-corrected chi connectivity index (χ3v) is 3.46. The number of hydrogen-bond acceptors (Lipinski definition) is 5. The van der Waals surface area contributed by atoms with Gasteiger partial charge in [-0.05, 0) is 31.5 Å². The number of nitriles is 1. The van der Waals surface area contributed by atoms with Crippen LogP contribution in [-0.2, 0) is 0 Å². The molecule has 0 atom stereocenters. The van der Waals surface area contributed by atoms with E-state index in [1.807, 2.05) is 6.07 Å². The van der Waals surface area contributed by atoms with Crippen LogP contribution in [0.15, 0.2) is 18.3 Å². The average Bonchev–Trinajstić information content (AvgIpc) is 2.48. The predicted octanol–water partition coefficient (Wildman–Crippen LogP) is 0.848. The van der Waals surface area contributed by atoms with Crippen LogP contribution < -0.4 is 4.90 Å². The normalized spacial score (nSPS) is 16.3. The number of pyridine rings is 1. The van der Waals surface area contributed by atoms with Crippen molar-refractivity contribution >= 4 is 5.82 Å². The Morgan fingerprint density at radius 3 is 2.74 bits per heavy atom. The number of rotatable bonds is 5. The van der Waals surface area contributed by atoms with Crippen molar-refractivity contribution in [3.63, 3.8) is 0 Å². The number of aliphatic hydroxyl groups excluding tert-OH is 1. The fourth-order valence-electron chi connectivity index (χ4n) is 2.37. The molecule has 1 aromatic heterocycles. The standard InChI is InChI=1S/C14H20N4O/c15-12-13-4-3-5-16-14(13)18-9-7-17(8-10-18)6-1-2-11-19/h3-5,19H,1-2,6-11H2. The van der Waals surface area contributed by atoms with Gasteiger partial charge in [-0.3, -0.25) is 4.90 Å². The summed E-state index contributed by atoms with van der Waals surface area (Å²) >= 11 is 0. The zero-order chi connectivity index (χ0) is 13.5. The van der Waals surface area contributed by atoms with E-state index in [2.05, 4.69) is 20.9 Å². The lowest BCUT2D eigenvalue weighted by molar-refractivity contribution is 0.232. The molecule has 5 nitrogen and oxygen atoms in total. The molecule has 0 spiro atoms. The molecule has 0 bridgehead atoms. The maximum atomic E-state index is 9.09. The first-order valence-corrected chi connectivity index (χ1v) is 6.78. The van der Waals surface area contributed by atoms with Crippen LogP contribution in [0.5, 0.6) is 0 Å². The Balaban J connectivity index is 1.88. The summed E-state index contributed by atoms with van der Waals surface area (Å²) in [5.41, 5.74) is 0.649. The maximum absolute atomic E-state index is 9.09. The molecule has 2 heterocycles. The zero-order valence-corrected chi connectivity index (χ0v) is 11.1. The van der Waals surface area contributed by atoms with Gasteiger partial charge in [0.1, 0.15) is 11.9 Å². The van der Waals surface area contributed by atoms with Gasteiger partial charge in [-0.1, -0.05) is 0 Å². The lowest BCUT2D eigenvalue weighted by Gasteiger charge is -2.35. The number of anilines is 1. The van der Waals surface area contributed by atoms with Crippen molar-refractivity contribution in [1.29, 1.82) is 5.26 Å². The minimum absolute atomic E-state index is 0.277. The van der Waals surface area contributed by atoms with E-state index in [0.717, 1.165) is 51.4 Å². The van der Waals surface area contributed by atoms with Gasteiger partial charge in [0.05, 0.1) is 5.56 Å². The molecule has 5 heteroatoms. The van der Waals surface area contributed by atoms with Crippen molar-refractivity contribution in [1.82, 2.24) is 9.88 Å². The van der Waals surface area contributed by atoms with Crippen LogP contribution in [0.2, 0.25) is 0 Å². The van der Waals surface area contributed by atoms with Crippen LogP contribution in [-0.4, -0.2) is 54.3 Å². The van der Waals surface area contributed by atoms with E-state index in [1.54, 1.807) is 12.3 Å². The molecule has 1 N–H and O–H groups in total. The Morgan fingerprint density at radius 1 is 1.26 bits per heavy atom. The molecule has 102 valence electrons. The second-order valence-corrected chi connectivity index (χ2v) is 4.75. The third kappa shape index (κ3) is 3.66. The molecule has 0 aromatic carbocycles. The molecular weight excluding hydrogens is 240 g/mol. The molecule has 1 saturated heterocycles. The summed E-state index contributed by atoms with van der Waals surface area (Å²) in [5.74, 6) is 0.806. The van der Waals surface area contributed by atoms with Crippen LogP contribution in [0.1, 0.15) is 18.4 Å². The van der Waals surface area contributed by atoms with E-state index < -0.39 is 0 Å². The van der Waals surface area contributed by atoms with E-state index in [4.69, 9.17) is 10.4 Å². The fourth-order valence-corrected chi connectivity index (χ4v) is 2.37. The summed E-state index contributed by atoms with van der Waals surface area (Å²) in [6.45, 7) is 5.12. The van der Waals surface area contributed by atoms with Gasteiger partial charge in [0, 0.05) is 39.0 Å². The number of hydrogen-bond donors (Lipinski definition) is 1. The highest BCUT2D eigenvalue weighted by atomic mass is 16.2. The smallest absolute Gasteiger partial charge is 0.146 e. The minimum Gasteiger partial charge on any atom is -0.396 e. The Morgan fingerprint density at radius 2 is 2.05 bits per heavy atom. The Kier molecular flexibility index (Phi) is 5.13. The molecular formula is C14H20N4O. The van der Waals surface area contributed by atoms with E-state index >= 15 is 0 Å². The summed E-state index contributed by atoms with van der Waals surface area (Å²) in [4.78, 5) is 8.91. The van der Waals surface area contributed by atoms with E-state index in [1.165, 1.54) is 0 Å². The molecule has 0 unspecified atom stereocenters. The van der Waals surface area contributed by atoms with Crippen molar-refractivity contribution in [2.45, 2.75) is 12.8 Å². The zero-order valence-electron chi connectivity index (χ0n) is 11.1. The van der Waals surface area contributed by atoms with Crippen molar-refractivity contribution < 1.29 is 5.11 Å². The number of unbranched alkanes of at least 4 members (excludes halogenated alkanes) is 1. The number of nitrogens with zero attached hydrogens (tertiary/aromatic N) is 4. The minimum atomic E-state index is 0.277. The molecule has 1 fully saturated rings. The van der Waals surface area contributed by atoms with Gasteiger partial charge < -0.3 is 10.0 Å². The maximum Gasteiger partial charge on any atom is 0.146 e. The van der Waals surface area contributed by atoms with Gasteiger partial charge in [-0.15, -0.1) is 0 Å². The summed E-state index contributed by atoms with van der Waals surface area (Å²) in [5, 5.41) is 17.9. The van der Waals surface area contributed by atoms with Crippen LogP contribution >= 0.6 is 0 Å². The molecule has 2 rings (SSSR count). The van der Waals surface area contributed by atoms with Crippen LogP contribution in [0.25, 0.3) is 0 Å². The second kappa shape index (κ2) is 7.07. The first kappa shape index (κ1) is 13.8. The molecule has 19 heavy (non-hydrogen) atoms. The summed E-state index contributed by atoms with van der Waals surface area (Å²) in [6.07, 6.45) is 3.66. The first-order chi connectivity index (χ1) is 9.35. The van der Waals surface area contributed by atoms with Gasteiger partial charge in [-0.2, -0.15) is 5.26 Å². The van der Waals surface area contributed by atoms with Gasteiger partial charge in [0.15, 0.2) is 0 Å². The van der Waals surface area contributed by atoms with Gasteiger partial charge in [0.25, 0.3) is 0 Å². The van der Waals surface area contributed by atoms with Gasteiger partial charge in [-0.25, -0.2) is 4.98 Å². The number of piperazine rings is 1. The van der Waals surface area contributed by atoms with Crippen LogP contribution in [0.4, 0.5) is 5.82 Å². The Labute approximate surface area is 114 Å². The van der Waals surface area contributed by atoms with Crippen molar-refractivity contribution in [2.75, 3.05) is 44.2 Å². The van der Waals surface area contributed by atoms with E-state index in [9.17, 15) is 0 Å². The highest BCUT2D eigenvalue weighted by molar-refractivity contribution is 5.53. The van der Waals surface area contributed by atoms with Crippen LogP contribution in [0.3, 0.4) is 0 Å². The van der Waals surface area contributed by atoms with E-state index in [-0.39, 0.29) is 6.61 Å². The average molecular weight is 260 g/mol. The third-order valence-electron chi connectivity index (χ3n) is 3.46. The Bertz CT molecular complexity index is 435. The molecule has 1 aliphatic rings. The SMILES string of the molecule is N#Cc1cccnc1N1CCN(CCCCO)CC1. The molecule has 1 aliphatic heterocycles.